The summed E-state index contributed by atoms with van der Waals surface area (Å²) in [5.41, 5.74) is 7.62. The lowest BCUT2D eigenvalue weighted by molar-refractivity contribution is -0.127. The van der Waals surface area contributed by atoms with Gasteiger partial charge >= 0.3 is 0 Å². The predicted octanol–water partition coefficient (Wildman–Crippen LogP) is 2.68. The van der Waals surface area contributed by atoms with E-state index in [0.717, 1.165) is 24.8 Å². The Morgan fingerprint density at radius 3 is 2.71 bits per heavy atom. The van der Waals surface area contributed by atoms with Crippen LogP contribution < -0.4 is 11.1 Å². The van der Waals surface area contributed by atoms with Gasteiger partial charge in [0.15, 0.2) is 0 Å². The number of hydrogen-bond acceptors (Lipinski definition) is 2. The summed E-state index contributed by atoms with van der Waals surface area (Å²) in [6, 6.07) is 4.91. The first kappa shape index (κ1) is 14.5. The molecule has 0 aromatic heterocycles. The summed E-state index contributed by atoms with van der Waals surface area (Å²) < 4.78 is 13.6. The number of carbonyl (C=O) groups excluding carboxylic acids is 1. The van der Waals surface area contributed by atoms with Crippen LogP contribution in [0.4, 0.5) is 4.39 Å². The molecule has 21 heavy (non-hydrogen) atoms. The number of amides is 1. The maximum absolute atomic E-state index is 13.6. The Hall–Kier alpha value is -1.42. The number of benzene rings is 1. The van der Waals surface area contributed by atoms with Crippen LogP contribution in [-0.4, -0.2) is 11.9 Å². The summed E-state index contributed by atoms with van der Waals surface area (Å²) in [4.78, 5) is 12.5. The third kappa shape index (κ3) is 2.57. The highest BCUT2D eigenvalue weighted by Crippen LogP contribution is 2.47. The molecule has 1 amide bonds. The van der Waals surface area contributed by atoms with Gasteiger partial charge in [0, 0.05) is 6.04 Å². The van der Waals surface area contributed by atoms with E-state index in [-0.39, 0.29) is 29.7 Å². The largest absolute Gasteiger partial charge is 0.349 e. The van der Waals surface area contributed by atoms with Crippen molar-refractivity contribution in [2.24, 2.45) is 23.5 Å². The molecule has 0 heterocycles. The quantitative estimate of drug-likeness (QED) is 0.899. The number of fused-ring (bicyclic) bond motifs is 2. The third-order valence-corrected chi connectivity index (χ3v) is 5.34. The lowest BCUT2D eigenvalue weighted by Gasteiger charge is -2.28. The zero-order chi connectivity index (χ0) is 15.1. The molecule has 2 aliphatic rings. The maximum atomic E-state index is 13.6. The Bertz CT molecular complexity index is 558. The zero-order valence-electron chi connectivity index (χ0n) is 12.6. The van der Waals surface area contributed by atoms with Gasteiger partial charge in [0.2, 0.25) is 5.91 Å². The van der Waals surface area contributed by atoms with Gasteiger partial charge < -0.3 is 11.1 Å². The van der Waals surface area contributed by atoms with Crippen molar-refractivity contribution in [3.05, 3.63) is 35.1 Å². The summed E-state index contributed by atoms with van der Waals surface area (Å²) in [7, 11) is 0. The van der Waals surface area contributed by atoms with E-state index >= 15 is 0 Å². The minimum atomic E-state index is -0.231. The van der Waals surface area contributed by atoms with E-state index in [0.29, 0.717) is 17.4 Å². The summed E-state index contributed by atoms with van der Waals surface area (Å²) in [6.07, 6.45) is 3.37. The number of nitrogens with one attached hydrogen (secondary N) is 1. The van der Waals surface area contributed by atoms with Crippen molar-refractivity contribution in [1.29, 1.82) is 0 Å². The average Bonchev–Trinajstić information content (AvgIpc) is 3.02. The first-order chi connectivity index (χ1) is 9.97. The molecule has 0 aliphatic heterocycles. The molecule has 2 aliphatic carbocycles. The zero-order valence-corrected chi connectivity index (χ0v) is 12.6. The van der Waals surface area contributed by atoms with Crippen LogP contribution in [0.15, 0.2) is 18.2 Å². The molecular formula is C17H23FN2O. The SMILES string of the molecule is Cc1ccc(C(C)NC(=O)C2C3CCC(C3)C2N)cc1F. The summed E-state index contributed by atoms with van der Waals surface area (Å²) in [5, 5.41) is 3.01. The molecule has 1 aromatic rings. The second-order valence-corrected chi connectivity index (χ2v) is 6.68. The smallest absolute Gasteiger partial charge is 0.225 e. The van der Waals surface area contributed by atoms with E-state index in [1.807, 2.05) is 13.0 Å². The minimum Gasteiger partial charge on any atom is -0.349 e. The van der Waals surface area contributed by atoms with Gasteiger partial charge in [-0.1, -0.05) is 12.1 Å². The van der Waals surface area contributed by atoms with E-state index in [9.17, 15) is 9.18 Å². The van der Waals surface area contributed by atoms with Gasteiger partial charge in [-0.25, -0.2) is 4.39 Å². The molecule has 2 saturated carbocycles. The Balaban J connectivity index is 1.68. The second kappa shape index (κ2) is 5.41. The topological polar surface area (TPSA) is 55.1 Å². The molecule has 0 saturated heterocycles. The van der Waals surface area contributed by atoms with Crippen LogP contribution >= 0.6 is 0 Å². The summed E-state index contributed by atoms with van der Waals surface area (Å²) in [5.74, 6) is 0.680. The second-order valence-electron chi connectivity index (χ2n) is 6.68. The van der Waals surface area contributed by atoms with Crippen LogP contribution in [0, 0.1) is 30.5 Å². The van der Waals surface area contributed by atoms with Gasteiger partial charge in [0.05, 0.1) is 12.0 Å². The number of carbonyl (C=O) groups is 1. The van der Waals surface area contributed by atoms with Gasteiger partial charge in [-0.05, 0) is 62.1 Å². The van der Waals surface area contributed by atoms with Gasteiger partial charge in [-0.15, -0.1) is 0 Å². The Morgan fingerprint density at radius 2 is 2.10 bits per heavy atom. The molecular weight excluding hydrogens is 267 g/mol. The maximum Gasteiger partial charge on any atom is 0.225 e. The monoisotopic (exact) mass is 290 g/mol. The van der Waals surface area contributed by atoms with Crippen molar-refractivity contribution in [2.75, 3.05) is 0 Å². The molecule has 4 heteroatoms. The molecule has 2 fully saturated rings. The van der Waals surface area contributed by atoms with Gasteiger partial charge in [0.25, 0.3) is 0 Å². The first-order valence-corrected chi connectivity index (χ1v) is 7.79. The van der Waals surface area contributed by atoms with Gasteiger partial charge in [0.1, 0.15) is 5.82 Å². The van der Waals surface area contributed by atoms with Gasteiger partial charge in [-0.3, -0.25) is 4.79 Å². The highest BCUT2D eigenvalue weighted by atomic mass is 19.1. The normalized spacial score (nSPS) is 32.2. The highest BCUT2D eigenvalue weighted by molar-refractivity contribution is 5.80. The van der Waals surface area contributed by atoms with E-state index in [2.05, 4.69) is 5.32 Å². The molecule has 3 rings (SSSR count). The van der Waals surface area contributed by atoms with Gasteiger partial charge in [-0.2, -0.15) is 0 Å². The first-order valence-electron chi connectivity index (χ1n) is 7.79. The van der Waals surface area contributed by atoms with Crippen LogP contribution in [0.5, 0.6) is 0 Å². The predicted molar refractivity (Wildman–Crippen MR) is 80.0 cm³/mol. The Labute approximate surface area is 125 Å². The number of hydrogen-bond donors (Lipinski definition) is 2. The summed E-state index contributed by atoms with van der Waals surface area (Å²) >= 11 is 0. The van der Waals surface area contributed by atoms with Crippen LogP contribution in [0.1, 0.15) is 43.4 Å². The van der Waals surface area contributed by atoms with Crippen molar-refractivity contribution in [3.63, 3.8) is 0 Å². The number of aryl methyl sites for hydroxylation is 1. The lowest BCUT2D eigenvalue weighted by Crippen LogP contribution is -2.45. The van der Waals surface area contributed by atoms with Crippen LogP contribution in [0.2, 0.25) is 0 Å². The fraction of sp³-hybridized carbons (Fsp3) is 0.588. The highest BCUT2D eigenvalue weighted by Gasteiger charge is 2.49. The molecule has 5 unspecified atom stereocenters. The minimum absolute atomic E-state index is 0.00861. The molecule has 3 N–H and O–H groups in total. The fourth-order valence-electron chi connectivity index (χ4n) is 4.00. The molecule has 0 radical (unpaired) electrons. The molecule has 1 aromatic carbocycles. The Morgan fingerprint density at radius 1 is 1.38 bits per heavy atom. The summed E-state index contributed by atoms with van der Waals surface area (Å²) in [6.45, 7) is 3.62. The molecule has 114 valence electrons. The lowest BCUT2D eigenvalue weighted by atomic mass is 9.84. The van der Waals surface area contributed by atoms with E-state index in [4.69, 9.17) is 5.73 Å². The molecule has 5 atom stereocenters. The number of halogens is 1. The van der Waals surface area contributed by atoms with Crippen LogP contribution in [0.25, 0.3) is 0 Å². The number of nitrogens with two attached hydrogens (primary N) is 1. The molecule has 2 bridgehead atoms. The van der Waals surface area contributed by atoms with Crippen LogP contribution in [-0.2, 0) is 4.79 Å². The molecule has 0 spiro atoms. The van der Waals surface area contributed by atoms with E-state index in [1.54, 1.807) is 13.0 Å². The number of rotatable bonds is 3. The van der Waals surface area contributed by atoms with Crippen LogP contribution in [0.3, 0.4) is 0 Å². The van der Waals surface area contributed by atoms with Crippen molar-refractivity contribution in [2.45, 2.75) is 45.2 Å². The average molecular weight is 290 g/mol. The van der Waals surface area contributed by atoms with Crippen molar-refractivity contribution < 1.29 is 9.18 Å². The van der Waals surface area contributed by atoms with Crippen molar-refractivity contribution in [3.8, 4) is 0 Å². The van der Waals surface area contributed by atoms with E-state index in [1.165, 1.54) is 6.07 Å². The van der Waals surface area contributed by atoms with E-state index < -0.39 is 0 Å². The third-order valence-electron chi connectivity index (χ3n) is 5.34. The van der Waals surface area contributed by atoms with Crippen molar-refractivity contribution in [1.82, 2.24) is 5.32 Å². The molecule has 3 nitrogen and oxygen atoms in total. The fourth-order valence-corrected chi connectivity index (χ4v) is 4.00. The standard InChI is InChI=1S/C17H23FN2O/c1-9-3-4-11(8-14(9)18)10(2)20-17(21)15-12-5-6-13(7-12)16(15)19/h3-4,8,10,12-13,15-16H,5-7,19H2,1-2H3,(H,20,21). The Kier molecular flexibility index (Phi) is 3.74. The van der Waals surface area contributed by atoms with Crippen molar-refractivity contribution >= 4 is 5.91 Å².